The maximum Gasteiger partial charge on any atom is 0.141 e. The summed E-state index contributed by atoms with van der Waals surface area (Å²) in [6.07, 6.45) is 2.10. The summed E-state index contributed by atoms with van der Waals surface area (Å²) in [5.41, 5.74) is 4.69. The molecule has 96 valence electrons. The summed E-state index contributed by atoms with van der Waals surface area (Å²) in [6.45, 7) is 2.10. The van der Waals surface area contributed by atoms with Gasteiger partial charge in [0.2, 0.25) is 0 Å². The molecule has 0 radical (unpaired) electrons. The SMILES string of the molecule is CSc1ccccc1-c1nc2cc(C)ccc2n1C. The molecule has 2 nitrogen and oxygen atoms in total. The lowest BCUT2D eigenvalue weighted by atomic mass is 10.2. The Balaban J connectivity index is 2.28. The quantitative estimate of drug-likeness (QED) is 0.646. The highest BCUT2D eigenvalue weighted by Gasteiger charge is 2.12. The van der Waals surface area contributed by atoms with Crippen LogP contribution in [0.25, 0.3) is 22.4 Å². The molecule has 0 fully saturated rings. The molecule has 0 bridgehead atoms. The van der Waals surface area contributed by atoms with Crippen LogP contribution in [0, 0.1) is 6.92 Å². The summed E-state index contributed by atoms with van der Waals surface area (Å²) >= 11 is 1.76. The maximum atomic E-state index is 4.80. The van der Waals surface area contributed by atoms with E-state index in [9.17, 15) is 0 Å². The normalized spacial score (nSPS) is 11.1. The van der Waals surface area contributed by atoms with Gasteiger partial charge in [-0.05, 0) is 36.9 Å². The zero-order chi connectivity index (χ0) is 13.4. The summed E-state index contributed by atoms with van der Waals surface area (Å²) < 4.78 is 2.17. The highest BCUT2D eigenvalue weighted by Crippen LogP contribution is 2.31. The van der Waals surface area contributed by atoms with E-state index in [0.29, 0.717) is 0 Å². The van der Waals surface area contributed by atoms with E-state index in [0.717, 1.165) is 11.3 Å². The Morgan fingerprint density at radius 2 is 1.89 bits per heavy atom. The van der Waals surface area contributed by atoms with Gasteiger partial charge in [0.1, 0.15) is 5.82 Å². The van der Waals surface area contributed by atoms with Crippen molar-refractivity contribution in [1.82, 2.24) is 9.55 Å². The fourth-order valence-electron chi connectivity index (χ4n) is 2.38. The first-order chi connectivity index (χ1) is 9.20. The van der Waals surface area contributed by atoms with Crippen molar-refractivity contribution >= 4 is 22.8 Å². The number of aromatic nitrogens is 2. The zero-order valence-corrected chi connectivity index (χ0v) is 12.2. The van der Waals surface area contributed by atoms with E-state index in [1.165, 1.54) is 21.5 Å². The third kappa shape index (κ3) is 2.04. The van der Waals surface area contributed by atoms with E-state index in [1.54, 1.807) is 11.8 Å². The number of hydrogen-bond donors (Lipinski definition) is 0. The molecule has 0 unspecified atom stereocenters. The number of imidazole rings is 1. The minimum Gasteiger partial charge on any atom is -0.327 e. The lowest BCUT2D eigenvalue weighted by molar-refractivity contribution is 0.955. The fourth-order valence-corrected chi connectivity index (χ4v) is 2.97. The standard InChI is InChI=1S/C16H16N2S/c1-11-8-9-14-13(10-11)17-16(18(14)2)12-6-4-5-7-15(12)19-3/h4-10H,1-3H3. The first kappa shape index (κ1) is 12.3. The van der Waals surface area contributed by atoms with E-state index in [-0.39, 0.29) is 0 Å². The molecule has 3 heteroatoms. The molecule has 19 heavy (non-hydrogen) atoms. The van der Waals surface area contributed by atoms with E-state index >= 15 is 0 Å². The van der Waals surface area contributed by atoms with Crippen molar-refractivity contribution in [3.63, 3.8) is 0 Å². The Morgan fingerprint density at radius 1 is 1.11 bits per heavy atom. The summed E-state index contributed by atoms with van der Waals surface area (Å²) in [6, 6.07) is 14.8. The number of aryl methyl sites for hydroxylation is 2. The first-order valence-corrected chi connectivity index (χ1v) is 7.49. The van der Waals surface area contributed by atoms with Crippen LogP contribution < -0.4 is 0 Å². The number of thioether (sulfide) groups is 1. The number of rotatable bonds is 2. The predicted molar refractivity (Wildman–Crippen MR) is 82.7 cm³/mol. The topological polar surface area (TPSA) is 17.8 Å². The van der Waals surface area contributed by atoms with Crippen molar-refractivity contribution in [2.24, 2.45) is 7.05 Å². The highest BCUT2D eigenvalue weighted by atomic mass is 32.2. The monoisotopic (exact) mass is 268 g/mol. The second kappa shape index (κ2) is 4.74. The number of hydrogen-bond acceptors (Lipinski definition) is 2. The van der Waals surface area contributed by atoms with Crippen LogP contribution in [0.4, 0.5) is 0 Å². The molecule has 0 N–H and O–H groups in total. The van der Waals surface area contributed by atoms with Crippen LogP contribution in [0.15, 0.2) is 47.4 Å². The third-order valence-electron chi connectivity index (χ3n) is 3.38. The average molecular weight is 268 g/mol. The molecule has 1 heterocycles. The van der Waals surface area contributed by atoms with Gasteiger partial charge < -0.3 is 4.57 Å². The van der Waals surface area contributed by atoms with Gasteiger partial charge in [0.15, 0.2) is 0 Å². The molecule has 0 saturated carbocycles. The Hall–Kier alpha value is -1.74. The Bertz CT molecular complexity index is 744. The molecule has 3 rings (SSSR count). The van der Waals surface area contributed by atoms with Crippen molar-refractivity contribution in [3.8, 4) is 11.4 Å². The molecular formula is C16H16N2S. The van der Waals surface area contributed by atoms with Crippen molar-refractivity contribution in [2.45, 2.75) is 11.8 Å². The van der Waals surface area contributed by atoms with Gasteiger partial charge in [0, 0.05) is 17.5 Å². The fraction of sp³-hybridized carbons (Fsp3) is 0.188. The second-order valence-electron chi connectivity index (χ2n) is 4.69. The smallest absolute Gasteiger partial charge is 0.141 e. The average Bonchev–Trinajstić information content (AvgIpc) is 2.75. The van der Waals surface area contributed by atoms with Crippen LogP contribution in [0.5, 0.6) is 0 Å². The van der Waals surface area contributed by atoms with Crippen LogP contribution in [-0.2, 0) is 7.05 Å². The van der Waals surface area contributed by atoms with E-state index in [2.05, 4.69) is 67.3 Å². The molecule has 0 amide bonds. The molecule has 0 atom stereocenters. The van der Waals surface area contributed by atoms with Gasteiger partial charge >= 0.3 is 0 Å². The molecule has 0 aliphatic heterocycles. The number of nitrogens with zero attached hydrogens (tertiary/aromatic N) is 2. The summed E-state index contributed by atoms with van der Waals surface area (Å²) in [4.78, 5) is 6.06. The van der Waals surface area contributed by atoms with Gasteiger partial charge in [-0.15, -0.1) is 11.8 Å². The molecule has 0 saturated heterocycles. The van der Waals surface area contributed by atoms with E-state index in [4.69, 9.17) is 4.98 Å². The number of benzene rings is 2. The largest absolute Gasteiger partial charge is 0.327 e. The van der Waals surface area contributed by atoms with Gasteiger partial charge in [0.25, 0.3) is 0 Å². The van der Waals surface area contributed by atoms with Crippen molar-refractivity contribution in [3.05, 3.63) is 48.0 Å². The lowest BCUT2D eigenvalue weighted by Gasteiger charge is -2.07. The van der Waals surface area contributed by atoms with Gasteiger partial charge in [-0.25, -0.2) is 4.98 Å². The lowest BCUT2D eigenvalue weighted by Crippen LogP contribution is -1.93. The minimum atomic E-state index is 1.03. The molecule has 0 aliphatic rings. The van der Waals surface area contributed by atoms with E-state index < -0.39 is 0 Å². The first-order valence-electron chi connectivity index (χ1n) is 6.27. The van der Waals surface area contributed by atoms with Gasteiger partial charge in [0.05, 0.1) is 11.0 Å². The molecule has 2 aromatic carbocycles. The van der Waals surface area contributed by atoms with Crippen molar-refractivity contribution in [2.75, 3.05) is 6.26 Å². The van der Waals surface area contributed by atoms with Gasteiger partial charge in [-0.3, -0.25) is 0 Å². The molecule has 1 aromatic heterocycles. The van der Waals surface area contributed by atoms with Crippen LogP contribution in [-0.4, -0.2) is 15.8 Å². The summed E-state index contributed by atoms with van der Waals surface area (Å²) in [5.74, 6) is 1.03. The summed E-state index contributed by atoms with van der Waals surface area (Å²) in [7, 11) is 2.08. The van der Waals surface area contributed by atoms with Crippen molar-refractivity contribution < 1.29 is 0 Å². The van der Waals surface area contributed by atoms with Crippen LogP contribution in [0.1, 0.15) is 5.56 Å². The van der Waals surface area contributed by atoms with Crippen LogP contribution in [0.3, 0.4) is 0 Å². The molecule has 3 aromatic rings. The van der Waals surface area contributed by atoms with Crippen molar-refractivity contribution in [1.29, 1.82) is 0 Å². The van der Waals surface area contributed by atoms with E-state index in [1.807, 2.05) is 0 Å². The summed E-state index contributed by atoms with van der Waals surface area (Å²) in [5, 5.41) is 0. The Kier molecular flexibility index (Phi) is 3.07. The number of fused-ring (bicyclic) bond motifs is 1. The zero-order valence-electron chi connectivity index (χ0n) is 11.3. The maximum absolute atomic E-state index is 4.80. The Labute approximate surface area is 117 Å². The minimum absolute atomic E-state index is 1.03. The Morgan fingerprint density at radius 3 is 2.68 bits per heavy atom. The molecule has 0 aliphatic carbocycles. The molecule has 0 spiro atoms. The highest BCUT2D eigenvalue weighted by molar-refractivity contribution is 7.98. The predicted octanol–water partition coefficient (Wildman–Crippen LogP) is 4.27. The van der Waals surface area contributed by atoms with Gasteiger partial charge in [-0.1, -0.05) is 24.3 Å². The molecular weight excluding hydrogens is 252 g/mol. The van der Waals surface area contributed by atoms with Crippen LogP contribution >= 0.6 is 11.8 Å². The third-order valence-corrected chi connectivity index (χ3v) is 4.18. The second-order valence-corrected chi connectivity index (χ2v) is 5.53. The van der Waals surface area contributed by atoms with Crippen LogP contribution in [0.2, 0.25) is 0 Å². The van der Waals surface area contributed by atoms with Gasteiger partial charge in [-0.2, -0.15) is 0 Å².